The fourth-order valence-electron chi connectivity index (χ4n) is 0.694. The minimum Gasteiger partial charge on any atom is -0.404 e. The first-order valence-corrected chi connectivity index (χ1v) is 5.94. The van der Waals surface area contributed by atoms with Crippen molar-refractivity contribution in [3.63, 3.8) is 0 Å². The van der Waals surface area contributed by atoms with Gasteiger partial charge in [0, 0.05) is 10.7 Å². The van der Waals surface area contributed by atoms with Crippen LogP contribution < -0.4 is 4.52 Å². The minimum absolute atomic E-state index is 0.319. The van der Waals surface area contributed by atoms with Crippen molar-refractivity contribution in [2.75, 3.05) is 7.11 Å². The van der Waals surface area contributed by atoms with E-state index < -0.39 is 7.82 Å². The van der Waals surface area contributed by atoms with Gasteiger partial charge in [0.15, 0.2) is 0 Å². The highest BCUT2D eigenvalue weighted by Crippen LogP contribution is 2.42. The lowest BCUT2D eigenvalue weighted by Crippen LogP contribution is -1.93. The number of halogens is 1. The molecule has 0 saturated heterocycles. The highest BCUT2D eigenvalue weighted by molar-refractivity contribution is 14.1. The molecule has 72 valence electrons. The van der Waals surface area contributed by atoms with Crippen molar-refractivity contribution in [3.8, 4) is 5.75 Å². The second-order valence-corrected chi connectivity index (χ2v) is 4.93. The van der Waals surface area contributed by atoms with Gasteiger partial charge >= 0.3 is 7.82 Å². The molecule has 0 amide bonds. The Morgan fingerprint density at radius 2 is 2.23 bits per heavy atom. The Morgan fingerprint density at radius 3 is 2.77 bits per heavy atom. The first-order chi connectivity index (χ1) is 6.03. The van der Waals surface area contributed by atoms with Crippen LogP contribution in [-0.4, -0.2) is 12.0 Å². The van der Waals surface area contributed by atoms with Crippen LogP contribution in [0.15, 0.2) is 24.3 Å². The molecule has 1 aromatic rings. The van der Waals surface area contributed by atoms with Gasteiger partial charge in [-0.1, -0.05) is 6.07 Å². The molecule has 4 nitrogen and oxygen atoms in total. The highest BCUT2D eigenvalue weighted by atomic mass is 127. The molecule has 0 aromatic heterocycles. The summed E-state index contributed by atoms with van der Waals surface area (Å²) in [4.78, 5) is 8.98. The van der Waals surface area contributed by atoms with Gasteiger partial charge in [-0.05, 0) is 40.8 Å². The van der Waals surface area contributed by atoms with E-state index in [1.165, 1.54) is 0 Å². The van der Waals surface area contributed by atoms with Crippen LogP contribution in [0.4, 0.5) is 0 Å². The summed E-state index contributed by atoms with van der Waals surface area (Å²) in [7, 11) is -2.80. The van der Waals surface area contributed by atoms with Gasteiger partial charge in [-0.2, -0.15) is 0 Å². The first-order valence-electron chi connectivity index (χ1n) is 3.37. The Balaban J connectivity index is 2.81. The molecule has 0 fully saturated rings. The SMILES string of the molecule is COP(=O)(O)Oc1cccc(I)c1. The second kappa shape index (κ2) is 4.41. The molecule has 0 aliphatic carbocycles. The summed E-state index contributed by atoms with van der Waals surface area (Å²) in [6, 6.07) is 6.81. The summed E-state index contributed by atoms with van der Waals surface area (Å²) in [5.74, 6) is 0.319. The van der Waals surface area contributed by atoms with Gasteiger partial charge in [-0.15, -0.1) is 0 Å². The van der Waals surface area contributed by atoms with E-state index in [0.29, 0.717) is 5.75 Å². The monoisotopic (exact) mass is 314 g/mol. The lowest BCUT2D eigenvalue weighted by molar-refractivity contribution is 0.242. The molecule has 0 spiro atoms. The van der Waals surface area contributed by atoms with Crippen LogP contribution in [0.1, 0.15) is 0 Å². The summed E-state index contributed by atoms with van der Waals surface area (Å²) in [5, 5.41) is 0. The Hall–Kier alpha value is -0.100. The van der Waals surface area contributed by atoms with Crippen LogP contribution in [0.3, 0.4) is 0 Å². The molecule has 0 aliphatic heterocycles. The fourth-order valence-corrected chi connectivity index (χ4v) is 1.66. The number of phosphoric acid groups is 1. The van der Waals surface area contributed by atoms with Gasteiger partial charge in [0.05, 0.1) is 0 Å². The highest BCUT2D eigenvalue weighted by Gasteiger charge is 2.19. The lowest BCUT2D eigenvalue weighted by atomic mass is 10.3. The van der Waals surface area contributed by atoms with Crippen LogP contribution in [0, 0.1) is 3.57 Å². The largest absolute Gasteiger partial charge is 0.527 e. The predicted molar refractivity (Wildman–Crippen MR) is 56.6 cm³/mol. The fraction of sp³-hybridized carbons (Fsp3) is 0.143. The Morgan fingerprint density at radius 1 is 1.54 bits per heavy atom. The maximum atomic E-state index is 11.0. The van der Waals surface area contributed by atoms with Gasteiger partial charge < -0.3 is 4.52 Å². The Bertz CT molecular complexity index is 341. The van der Waals surface area contributed by atoms with Crippen molar-refractivity contribution in [2.45, 2.75) is 0 Å². The summed E-state index contributed by atoms with van der Waals surface area (Å²) < 4.78 is 20.9. The van der Waals surface area contributed by atoms with Gasteiger partial charge in [-0.25, -0.2) is 4.57 Å². The molecular weight excluding hydrogens is 306 g/mol. The normalized spacial score (nSPS) is 15.0. The van der Waals surface area contributed by atoms with Gasteiger partial charge in [0.1, 0.15) is 5.75 Å². The molecule has 0 aliphatic rings. The topological polar surface area (TPSA) is 55.8 Å². The molecule has 0 heterocycles. The molecule has 0 radical (unpaired) electrons. The van der Waals surface area contributed by atoms with Gasteiger partial charge in [-0.3, -0.25) is 9.42 Å². The smallest absolute Gasteiger partial charge is 0.404 e. The van der Waals surface area contributed by atoms with Crippen molar-refractivity contribution < 1.29 is 18.5 Å². The summed E-state index contributed by atoms with van der Waals surface area (Å²) >= 11 is 2.08. The van der Waals surface area contributed by atoms with E-state index in [9.17, 15) is 4.57 Å². The van der Waals surface area contributed by atoms with Crippen molar-refractivity contribution in [1.29, 1.82) is 0 Å². The molecule has 6 heteroatoms. The molecular formula is C7H8IO4P. The molecule has 1 N–H and O–H groups in total. The Labute approximate surface area is 89.6 Å². The van der Waals surface area contributed by atoms with Crippen LogP contribution in [-0.2, 0) is 9.09 Å². The van der Waals surface area contributed by atoms with E-state index >= 15 is 0 Å². The molecule has 1 atom stereocenters. The number of phosphoric ester groups is 1. The molecule has 1 rings (SSSR count). The average molecular weight is 314 g/mol. The third-order valence-corrected chi connectivity index (χ3v) is 2.82. The summed E-state index contributed by atoms with van der Waals surface area (Å²) in [6.45, 7) is 0. The van der Waals surface area contributed by atoms with Gasteiger partial charge in [0.2, 0.25) is 0 Å². The van der Waals surface area contributed by atoms with Crippen LogP contribution in [0.25, 0.3) is 0 Å². The zero-order valence-corrected chi connectivity index (χ0v) is 9.86. The number of hydrogen-bond donors (Lipinski definition) is 1. The van der Waals surface area contributed by atoms with Crippen molar-refractivity contribution in [1.82, 2.24) is 0 Å². The van der Waals surface area contributed by atoms with E-state index in [2.05, 4.69) is 27.1 Å². The van der Waals surface area contributed by atoms with E-state index in [4.69, 9.17) is 9.42 Å². The number of rotatable bonds is 3. The number of benzene rings is 1. The van der Waals surface area contributed by atoms with E-state index in [0.717, 1.165) is 10.7 Å². The zero-order valence-electron chi connectivity index (χ0n) is 6.81. The Kier molecular flexibility index (Phi) is 3.73. The van der Waals surface area contributed by atoms with Crippen LogP contribution in [0.5, 0.6) is 5.75 Å². The lowest BCUT2D eigenvalue weighted by Gasteiger charge is -2.09. The number of hydrogen-bond acceptors (Lipinski definition) is 3. The van der Waals surface area contributed by atoms with Crippen molar-refractivity contribution in [3.05, 3.63) is 27.8 Å². The van der Waals surface area contributed by atoms with Crippen LogP contribution >= 0.6 is 30.4 Å². The summed E-state index contributed by atoms with van der Waals surface area (Å²) in [5.41, 5.74) is 0. The molecule has 0 saturated carbocycles. The zero-order chi connectivity index (χ0) is 9.90. The van der Waals surface area contributed by atoms with E-state index in [1.54, 1.807) is 18.2 Å². The first kappa shape index (κ1) is 11.0. The third-order valence-electron chi connectivity index (χ3n) is 1.25. The molecule has 13 heavy (non-hydrogen) atoms. The van der Waals surface area contributed by atoms with Crippen molar-refractivity contribution >= 4 is 30.4 Å². The molecule has 0 bridgehead atoms. The average Bonchev–Trinajstić information content (AvgIpc) is 2.03. The predicted octanol–water partition coefficient (Wildman–Crippen LogP) is 2.42. The van der Waals surface area contributed by atoms with E-state index in [-0.39, 0.29) is 0 Å². The van der Waals surface area contributed by atoms with Crippen LogP contribution in [0.2, 0.25) is 0 Å². The standard InChI is InChI=1S/C7H8IO4P/c1-11-13(9,10)12-7-4-2-3-6(8)5-7/h2-5H,1H3,(H,9,10). The second-order valence-electron chi connectivity index (χ2n) is 2.20. The maximum absolute atomic E-state index is 11.0. The quantitative estimate of drug-likeness (QED) is 0.688. The third kappa shape index (κ3) is 3.64. The van der Waals surface area contributed by atoms with Gasteiger partial charge in [0.25, 0.3) is 0 Å². The minimum atomic E-state index is -3.92. The molecule has 1 unspecified atom stereocenters. The maximum Gasteiger partial charge on any atom is 0.527 e. The molecule has 1 aromatic carbocycles. The van der Waals surface area contributed by atoms with E-state index in [1.807, 2.05) is 6.07 Å². The van der Waals surface area contributed by atoms with Crippen molar-refractivity contribution in [2.24, 2.45) is 0 Å². The summed E-state index contributed by atoms with van der Waals surface area (Å²) in [6.07, 6.45) is 0.